The van der Waals surface area contributed by atoms with Gasteiger partial charge in [0.05, 0.1) is 0 Å². The molecule has 1 radical (unpaired) electrons. The van der Waals surface area contributed by atoms with Gasteiger partial charge in [0, 0.05) is 74.5 Å². The molecule has 2 aromatic heterocycles. The second-order valence-electron chi connectivity index (χ2n) is 8.44. The predicted octanol–water partition coefficient (Wildman–Crippen LogP) is 5.93. The minimum absolute atomic E-state index is 0. The van der Waals surface area contributed by atoms with Crippen LogP contribution in [0.3, 0.4) is 0 Å². The van der Waals surface area contributed by atoms with Crippen LogP contribution < -0.4 is 16.2 Å². The van der Waals surface area contributed by atoms with E-state index < -0.39 is 20.6 Å². The Bertz CT molecular complexity index is 1790. The van der Waals surface area contributed by atoms with Crippen LogP contribution in [0.5, 0.6) is 5.88 Å². The average Bonchev–Trinajstić information content (AvgIpc) is 2.96. The number of rotatable bonds is 9. The summed E-state index contributed by atoms with van der Waals surface area (Å²) in [5, 5.41) is 31.3. The Hall–Kier alpha value is -3.03. The maximum Gasteiger partial charge on any atom is 0.296 e. The SMILES string of the molecule is CCn1c(O)c(C)c(C)c(N=Nc2cc(Nc3nc(Cl)nc(Nc4ccccc4)n3)ccc2S(=O)(=O)O)c1=O.CSOO.[Y]. The Balaban J connectivity index is 0.00000127. The quantitative estimate of drug-likeness (QED) is 0.0443. The van der Waals surface area contributed by atoms with Crippen LogP contribution in [0.4, 0.5) is 34.6 Å². The number of nitrogens with one attached hydrogen (secondary N) is 2. The third-order valence-electron chi connectivity index (χ3n) is 5.74. The molecule has 0 aliphatic rings. The topological polar surface area (TPSA) is 214 Å². The molecule has 0 bridgehead atoms. The van der Waals surface area contributed by atoms with Gasteiger partial charge in [0.25, 0.3) is 15.7 Å². The molecular weight excluding hydrogens is 713 g/mol. The van der Waals surface area contributed by atoms with Gasteiger partial charge in [0.2, 0.25) is 17.2 Å². The summed E-state index contributed by atoms with van der Waals surface area (Å²) in [4.78, 5) is 24.6. The van der Waals surface area contributed by atoms with Crippen LogP contribution in [-0.2, 0) is 53.7 Å². The van der Waals surface area contributed by atoms with Gasteiger partial charge in [-0.25, -0.2) is 5.26 Å². The fourth-order valence-electron chi connectivity index (χ4n) is 3.58. The summed E-state index contributed by atoms with van der Waals surface area (Å²) in [7, 11) is -4.70. The molecule has 4 rings (SSSR count). The van der Waals surface area contributed by atoms with Crippen molar-refractivity contribution in [2.75, 3.05) is 16.9 Å². The van der Waals surface area contributed by atoms with Gasteiger partial charge < -0.3 is 15.7 Å². The van der Waals surface area contributed by atoms with Crippen molar-refractivity contribution in [1.82, 2.24) is 19.5 Å². The minimum Gasteiger partial charge on any atom is -0.494 e. The van der Waals surface area contributed by atoms with Crippen molar-refractivity contribution in [2.45, 2.75) is 32.2 Å². The first-order valence-corrected chi connectivity index (χ1v) is 15.2. The van der Waals surface area contributed by atoms with Crippen LogP contribution in [0.1, 0.15) is 18.1 Å². The first-order chi connectivity index (χ1) is 20.4. The van der Waals surface area contributed by atoms with E-state index in [9.17, 15) is 22.9 Å². The van der Waals surface area contributed by atoms with Gasteiger partial charge in [-0.15, -0.1) is 10.2 Å². The number of anilines is 4. The number of nitrogens with zero attached hydrogens (tertiary/aromatic N) is 6. The Morgan fingerprint density at radius 1 is 1.00 bits per heavy atom. The van der Waals surface area contributed by atoms with E-state index in [0.29, 0.717) is 16.8 Å². The van der Waals surface area contributed by atoms with E-state index >= 15 is 0 Å². The van der Waals surface area contributed by atoms with Gasteiger partial charge >= 0.3 is 0 Å². The number of benzene rings is 2. The number of hydrogen-bond acceptors (Lipinski definition) is 14. The molecule has 0 aliphatic heterocycles. The zero-order valence-corrected chi connectivity index (χ0v) is 29.0. The normalized spacial score (nSPS) is 11.0. The van der Waals surface area contributed by atoms with Crippen molar-refractivity contribution >= 4 is 68.4 Å². The average molecular weight is 740 g/mol. The molecule has 4 aromatic rings. The number of hydrogen-bond donors (Lipinski definition) is 5. The molecule has 2 aromatic carbocycles. The zero-order chi connectivity index (χ0) is 31.7. The summed E-state index contributed by atoms with van der Waals surface area (Å²) in [5.41, 5.74) is 0.810. The third-order valence-corrected chi connectivity index (χ3v) is 6.96. The summed E-state index contributed by atoms with van der Waals surface area (Å²) in [5.74, 6) is -0.00350. The number of halogens is 1. The summed E-state index contributed by atoms with van der Waals surface area (Å²) < 4.78 is 38.3. The minimum atomic E-state index is -4.70. The monoisotopic (exact) mass is 739 g/mol. The summed E-state index contributed by atoms with van der Waals surface area (Å²) in [6.07, 6.45) is 1.62. The van der Waals surface area contributed by atoms with Crippen LogP contribution in [-0.4, -0.2) is 49.1 Å². The van der Waals surface area contributed by atoms with Crippen molar-refractivity contribution in [2.24, 2.45) is 10.2 Å². The van der Waals surface area contributed by atoms with E-state index in [1.54, 1.807) is 27.0 Å². The molecule has 0 amide bonds. The largest absolute Gasteiger partial charge is 0.494 e. The van der Waals surface area contributed by atoms with E-state index in [0.717, 1.165) is 22.7 Å². The molecule has 0 unspecified atom stereocenters. The molecule has 5 N–H and O–H groups in total. The van der Waals surface area contributed by atoms with Crippen molar-refractivity contribution in [3.8, 4) is 5.88 Å². The summed E-state index contributed by atoms with van der Waals surface area (Å²) in [6.45, 7) is 5.05. The second kappa shape index (κ2) is 16.9. The van der Waals surface area contributed by atoms with Crippen LogP contribution >= 0.6 is 23.6 Å². The Kier molecular flexibility index (Phi) is 14.3. The molecule has 2 heterocycles. The van der Waals surface area contributed by atoms with Gasteiger partial charge in [-0.1, -0.05) is 18.2 Å². The van der Waals surface area contributed by atoms with E-state index in [2.05, 4.69) is 40.1 Å². The Morgan fingerprint density at radius 3 is 2.14 bits per heavy atom. The molecule has 0 saturated heterocycles. The van der Waals surface area contributed by atoms with Crippen LogP contribution in [0.25, 0.3) is 0 Å². The maximum absolute atomic E-state index is 12.8. The first kappa shape index (κ1) is 37.2. The number of azo groups is 1. The Labute approximate surface area is 287 Å². The smallest absolute Gasteiger partial charge is 0.296 e. The number of aromatic hydroxyl groups is 1. The van der Waals surface area contributed by atoms with Crippen molar-refractivity contribution in [3.05, 3.63) is 75.3 Å². The van der Waals surface area contributed by atoms with Gasteiger partial charge in [0.15, 0.2) is 11.6 Å². The fraction of sp³-hybridized carbons (Fsp3) is 0.200. The van der Waals surface area contributed by atoms with Gasteiger partial charge in [-0.2, -0.15) is 27.7 Å². The third kappa shape index (κ3) is 9.74. The van der Waals surface area contributed by atoms with Crippen LogP contribution in [0.15, 0.2) is 68.4 Å². The Morgan fingerprint density at radius 2 is 1.59 bits per heavy atom. The van der Waals surface area contributed by atoms with Crippen molar-refractivity contribution < 1.29 is 60.4 Å². The van der Waals surface area contributed by atoms with E-state index in [-0.39, 0.29) is 79.4 Å². The zero-order valence-electron chi connectivity index (χ0n) is 23.8. The van der Waals surface area contributed by atoms with E-state index in [4.69, 9.17) is 16.9 Å². The van der Waals surface area contributed by atoms with Gasteiger partial charge in [-0.05, 0) is 68.3 Å². The number of para-hydroxylation sites is 1. The number of aromatic nitrogens is 4. The van der Waals surface area contributed by atoms with Crippen LogP contribution in [0, 0.1) is 13.8 Å². The molecule has 44 heavy (non-hydrogen) atoms. The van der Waals surface area contributed by atoms with Crippen LogP contribution in [0.2, 0.25) is 5.28 Å². The molecule has 19 heteroatoms. The van der Waals surface area contributed by atoms with E-state index in [1.807, 2.05) is 30.3 Å². The predicted molar refractivity (Wildman–Crippen MR) is 163 cm³/mol. The standard InChI is InChI=1S/C24H23ClN8O5S.CH4O2S.Y/c1-4-33-20(34)14(3)13(2)19(21(33)35)32-31-17-12-16(10-11-18(17)39(36,37)38)27-24-29-22(25)28-23(30-24)26-15-8-6-5-7-9-15;1-4-3-2;/h5-12,34H,4H2,1-3H3,(H,36,37,38)(H2,26,27,28,29,30);2H,1H3;. The number of pyridine rings is 1. The van der Waals surface area contributed by atoms with Crippen molar-refractivity contribution in [1.29, 1.82) is 0 Å². The maximum atomic E-state index is 12.8. The van der Waals surface area contributed by atoms with Gasteiger partial charge in [-0.3, -0.25) is 13.9 Å². The molecule has 15 nitrogen and oxygen atoms in total. The molecule has 231 valence electrons. The first-order valence-electron chi connectivity index (χ1n) is 12.2. The molecule has 0 atom stereocenters. The van der Waals surface area contributed by atoms with Gasteiger partial charge in [0.1, 0.15) is 10.6 Å². The molecule has 0 spiro atoms. The van der Waals surface area contributed by atoms with Crippen molar-refractivity contribution in [3.63, 3.8) is 0 Å². The molecular formula is C25H27ClN8O7S2Y. The van der Waals surface area contributed by atoms with E-state index in [1.165, 1.54) is 12.1 Å². The fourth-order valence-corrected chi connectivity index (χ4v) is 4.34. The second-order valence-corrected chi connectivity index (χ2v) is 10.6. The molecule has 0 saturated carbocycles. The summed E-state index contributed by atoms with van der Waals surface area (Å²) in [6, 6.07) is 12.9. The molecule has 0 aliphatic carbocycles. The molecule has 0 fully saturated rings. The summed E-state index contributed by atoms with van der Waals surface area (Å²) >= 11 is 6.97.